The molecule has 0 aliphatic rings. The minimum absolute atomic E-state index is 0.194. The van der Waals surface area contributed by atoms with Crippen LogP contribution in [0.3, 0.4) is 0 Å². The Hall–Kier alpha value is -2.96. The molecule has 0 spiro atoms. The van der Waals surface area contributed by atoms with Crippen LogP contribution in [0.25, 0.3) is 22.2 Å². The molecular weight excluding hydrogens is 313 g/mol. The van der Waals surface area contributed by atoms with E-state index in [1.165, 1.54) is 35.3 Å². The molecule has 0 unspecified atom stereocenters. The predicted octanol–water partition coefficient (Wildman–Crippen LogP) is 3.31. The van der Waals surface area contributed by atoms with Crippen molar-refractivity contribution in [3.05, 3.63) is 53.0 Å². The van der Waals surface area contributed by atoms with E-state index in [4.69, 9.17) is 4.74 Å². The zero-order chi connectivity index (χ0) is 17.5. The summed E-state index contributed by atoms with van der Waals surface area (Å²) in [5, 5.41) is 0.485. The Labute approximate surface area is 136 Å². The normalized spacial score (nSPS) is 11.7. The number of aromatic amines is 1. The van der Waals surface area contributed by atoms with Crippen molar-refractivity contribution in [3.8, 4) is 11.3 Å². The third-order valence-electron chi connectivity index (χ3n) is 3.33. The van der Waals surface area contributed by atoms with Gasteiger partial charge in [-0.1, -0.05) is 0 Å². The van der Waals surface area contributed by atoms with Crippen molar-refractivity contribution >= 4 is 17.0 Å². The Morgan fingerprint density at radius 2 is 2.04 bits per heavy atom. The average Bonchev–Trinajstić information content (AvgIpc) is 2.84. The second-order valence-corrected chi connectivity index (χ2v) is 6.34. The Kier molecular flexibility index (Phi) is 3.71. The summed E-state index contributed by atoms with van der Waals surface area (Å²) in [7, 11) is 0. The van der Waals surface area contributed by atoms with Crippen LogP contribution in [-0.2, 0) is 4.74 Å². The maximum absolute atomic E-state index is 13.5. The first kappa shape index (κ1) is 15.9. The summed E-state index contributed by atoms with van der Waals surface area (Å²) < 4.78 is 20.2. The Morgan fingerprint density at radius 1 is 1.29 bits per heavy atom. The van der Waals surface area contributed by atoms with Crippen LogP contribution in [0, 0.1) is 5.82 Å². The molecule has 6 nitrogen and oxygen atoms in total. The van der Waals surface area contributed by atoms with Gasteiger partial charge in [-0.2, -0.15) is 0 Å². The molecule has 1 N–H and O–H groups in total. The lowest BCUT2D eigenvalue weighted by Crippen LogP contribution is -2.28. The quantitative estimate of drug-likeness (QED) is 0.743. The molecule has 24 heavy (non-hydrogen) atoms. The maximum atomic E-state index is 13.5. The van der Waals surface area contributed by atoms with Crippen LogP contribution in [0.5, 0.6) is 0 Å². The molecule has 0 aliphatic heterocycles. The van der Waals surface area contributed by atoms with Crippen molar-refractivity contribution < 1.29 is 13.9 Å². The van der Waals surface area contributed by atoms with Crippen molar-refractivity contribution in [3.63, 3.8) is 0 Å². The fraction of sp³-hybridized carbons (Fsp3) is 0.235. The van der Waals surface area contributed by atoms with Crippen LogP contribution >= 0.6 is 0 Å². The molecule has 2 heterocycles. The molecule has 0 saturated heterocycles. The SMILES string of the molecule is CC(C)(C)OC(=O)n1c(-c2cnc[nH]c2=O)cc2cc(F)ccc21. The molecule has 0 aliphatic carbocycles. The summed E-state index contributed by atoms with van der Waals surface area (Å²) in [5.41, 5.74) is -0.187. The molecule has 3 rings (SSSR count). The van der Waals surface area contributed by atoms with Gasteiger partial charge in [0.2, 0.25) is 0 Å². The van der Waals surface area contributed by atoms with Gasteiger partial charge in [-0.15, -0.1) is 0 Å². The molecule has 0 atom stereocenters. The summed E-state index contributed by atoms with van der Waals surface area (Å²) in [4.78, 5) is 31.1. The average molecular weight is 329 g/mol. The van der Waals surface area contributed by atoms with Gasteiger partial charge in [0.1, 0.15) is 11.4 Å². The minimum Gasteiger partial charge on any atom is -0.443 e. The number of fused-ring (bicyclic) bond motifs is 1. The Bertz CT molecular complexity index is 983. The van der Waals surface area contributed by atoms with Crippen LogP contribution in [0.2, 0.25) is 0 Å². The van der Waals surface area contributed by atoms with Crippen molar-refractivity contribution in [2.24, 2.45) is 0 Å². The highest BCUT2D eigenvalue weighted by Crippen LogP contribution is 2.28. The Morgan fingerprint density at radius 3 is 2.71 bits per heavy atom. The molecule has 0 fully saturated rings. The summed E-state index contributed by atoms with van der Waals surface area (Å²) in [6.45, 7) is 5.23. The maximum Gasteiger partial charge on any atom is 0.419 e. The van der Waals surface area contributed by atoms with Gasteiger partial charge in [-0.3, -0.25) is 4.79 Å². The molecule has 1 aromatic carbocycles. The van der Waals surface area contributed by atoms with Crippen molar-refractivity contribution in [1.82, 2.24) is 14.5 Å². The van der Waals surface area contributed by atoms with E-state index < -0.39 is 23.1 Å². The first-order valence-electron chi connectivity index (χ1n) is 7.34. The zero-order valence-electron chi connectivity index (χ0n) is 13.5. The zero-order valence-corrected chi connectivity index (χ0v) is 13.5. The molecule has 7 heteroatoms. The molecule has 0 bridgehead atoms. The highest BCUT2D eigenvalue weighted by Gasteiger charge is 2.24. The fourth-order valence-corrected chi connectivity index (χ4v) is 2.42. The van der Waals surface area contributed by atoms with Crippen molar-refractivity contribution in [2.45, 2.75) is 26.4 Å². The van der Waals surface area contributed by atoms with E-state index in [2.05, 4.69) is 9.97 Å². The lowest BCUT2D eigenvalue weighted by Gasteiger charge is -2.20. The van der Waals surface area contributed by atoms with Crippen molar-refractivity contribution in [2.75, 3.05) is 0 Å². The van der Waals surface area contributed by atoms with Gasteiger partial charge in [0.05, 0.1) is 23.1 Å². The van der Waals surface area contributed by atoms with Gasteiger partial charge in [0, 0.05) is 11.6 Å². The number of carbonyl (C=O) groups excluding carboxylic acids is 1. The van der Waals surface area contributed by atoms with E-state index in [1.807, 2.05) is 0 Å². The fourth-order valence-electron chi connectivity index (χ4n) is 2.42. The lowest BCUT2D eigenvalue weighted by molar-refractivity contribution is 0.0547. The monoisotopic (exact) mass is 329 g/mol. The summed E-state index contributed by atoms with van der Waals surface area (Å²) >= 11 is 0. The van der Waals surface area contributed by atoms with E-state index in [0.717, 1.165) is 0 Å². The van der Waals surface area contributed by atoms with Crippen molar-refractivity contribution in [1.29, 1.82) is 0 Å². The van der Waals surface area contributed by atoms with Gasteiger partial charge in [-0.25, -0.2) is 18.7 Å². The smallest absolute Gasteiger partial charge is 0.419 e. The summed E-state index contributed by atoms with van der Waals surface area (Å²) in [5.74, 6) is -0.435. The molecule has 0 radical (unpaired) electrons. The number of nitrogens with one attached hydrogen (secondary N) is 1. The molecule has 124 valence electrons. The third kappa shape index (κ3) is 2.92. The van der Waals surface area contributed by atoms with Crippen LogP contribution < -0.4 is 5.56 Å². The van der Waals surface area contributed by atoms with E-state index >= 15 is 0 Å². The third-order valence-corrected chi connectivity index (χ3v) is 3.33. The molecule has 3 aromatic rings. The van der Waals surface area contributed by atoms with Gasteiger partial charge in [0.15, 0.2) is 0 Å². The van der Waals surface area contributed by atoms with Crippen LogP contribution in [0.1, 0.15) is 20.8 Å². The topological polar surface area (TPSA) is 77.0 Å². The summed E-state index contributed by atoms with van der Waals surface area (Å²) in [6, 6.07) is 5.59. The van der Waals surface area contributed by atoms with Gasteiger partial charge < -0.3 is 9.72 Å². The number of hydrogen-bond acceptors (Lipinski definition) is 4. The number of hydrogen-bond donors (Lipinski definition) is 1. The van der Waals surface area contributed by atoms with E-state index in [9.17, 15) is 14.0 Å². The van der Waals surface area contributed by atoms with Crippen LogP contribution in [0.15, 0.2) is 41.6 Å². The number of nitrogens with zero attached hydrogens (tertiary/aromatic N) is 2. The summed E-state index contributed by atoms with van der Waals surface area (Å²) in [6.07, 6.45) is 1.96. The first-order chi connectivity index (χ1) is 11.3. The number of ether oxygens (including phenoxy) is 1. The number of rotatable bonds is 1. The van der Waals surface area contributed by atoms with Gasteiger partial charge in [-0.05, 0) is 45.0 Å². The van der Waals surface area contributed by atoms with Gasteiger partial charge in [0.25, 0.3) is 5.56 Å². The highest BCUT2D eigenvalue weighted by atomic mass is 19.1. The molecule has 2 aromatic heterocycles. The van der Waals surface area contributed by atoms with Gasteiger partial charge >= 0.3 is 6.09 Å². The highest BCUT2D eigenvalue weighted by molar-refractivity contribution is 5.96. The number of halogens is 1. The second-order valence-electron chi connectivity index (χ2n) is 6.34. The first-order valence-corrected chi connectivity index (χ1v) is 7.34. The number of carbonyl (C=O) groups is 1. The number of H-pyrrole nitrogens is 1. The van der Waals surface area contributed by atoms with E-state index in [0.29, 0.717) is 16.6 Å². The molecular formula is C17H16FN3O3. The van der Waals surface area contributed by atoms with Crippen LogP contribution in [-0.4, -0.2) is 26.2 Å². The molecule has 0 saturated carbocycles. The lowest BCUT2D eigenvalue weighted by atomic mass is 10.2. The number of aromatic nitrogens is 3. The standard InChI is InChI=1S/C17H16FN3O3/c1-17(2,3)24-16(23)21-13-5-4-11(18)6-10(13)7-14(21)12-8-19-9-20-15(12)22/h4-9H,1-3H3,(H,19,20,22). The van der Waals surface area contributed by atoms with E-state index in [-0.39, 0.29) is 5.56 Å². The molecule has 0 amide bonds. The van der Waals surface area contributed by atoms with E-state index in [1.54, 1.807) is 26.8 Å². The Balaban J connectivity index is 2.28. The second kappa shape index (κ2) is 5.59. The largest absolute Gasteiger partial charge is 0.443 e. The predicted molar refractivity (Wildman–Crippen MR) is 87.4 cm³/mol. The van der Waals surface area contributed by atoms with Crippen LogP contribution in [0.4, 0.5) is 9.18 Å². The minimum atomic E-state index is -0.716. The number of benzene rings is 1.